The van der Waals surface area contributed by atoms with Crippen LogP contribution in [-0.4, -0.2) is 51.6 Å². The first-order valence-electron chi connectivity index (χ1n) is 7.64. The minimum Gasteiger partial charge on any atom is -0.481 e. The molecule has 4 N–H and O–H groups in total. The van der Waals surface area contributed by atoms with Gasteiger partial charge in [-0.1, -0.05) is 12.1 Å². The van der Waals surface area contributed by atoms with Gasteiger partial charge in [0.05, 0.1) is 31.5 Å². The van der Waals surface area contributed by atoms with Gasteiger partial charge in [0, 0.05) is 7.05 Å². The monoisotopic (exact) mass is 410 g/mol. The smallest absolute Gasteiger partial charge is 0.334 e. The fourth-order valence-electron chi connectivity index (χ4n) is 2.19. The number of nitrogens with zero attached hydrogens (tertiary/aromatic N) is 3. The lowest BCUT2D eigenvalue weighted by molar-refractivity contribution is 0.0964. The highest BCUT2D eigenvalue weighted by atomic mass is 32.2. The Kier molecular flexibility index (Phi) is 6.20. The van der Waals surface area contributed by atoms with E-state index in [0.29, 0.717) is 4.31 Å². The number of aromatic nitrogens is 2. The number of rotatable bonds is 7. The zero-order chi connectivity index (χ0) is 20.9. The average molecular weight is 410 g/mol. The van der Waals surface area contributed by atoms with Gasteiger partial charge in [0.25, 0.3) is 11.9 Å². The first kappa shape index (κ1) is 20.7. The Bertz CT molecular complexity index is 974. The summed E-state index contributed by atoms with van der Waals surface area (Å²) < 4.78 is 37.9. The Hall–Kier alpha value is -3.61. The van der Waals surface area contributed by atoms with Gasteiger partial charge < -0.3 is 20.5 Å². The third kappa shape index (κ3) is 4.37. The molecule has 1 aromatic carbocycles. The second-order valence-corrected chi connectivity index (χ2v) is 6.60. The summed E-state index contributed by atoms with van der Waals surface area (Å²) in [4.78, 5) is 31.4. The van der Waals surface area contributed by atoms with Crippen molar-refractivity contribution in [3.05, 3.63) is 35.9 Å². The number of nitrogens with two attached hydrogens (primary N) is 1. The third-order valence-electron chi connectivity index (χ3n) is 3.33. The van der Waals surface area contributed by atoms with Gasteiger partial charge in [0.15, 0.2) is 0 Å². The van der Waals surface area contributed by atoms with Gasteiger partial charge in [-0.2, -0.15) is 22.7 Å². The van der Waals surface area contributed by atoms with Crippen molar-refractivity contribution in [3.63, 3.8) is 0 Å². The molecule has 1 heterocycles. The fraction of sp³-hybridized carbons (Fsp3) is 0.200. The Balaban J connectivity index is 2.81. The van der Waals surface area contributed by atoms with E-state index in [1.54, 1.807) is 4.72 Å². The van der Waals surface area contributed by atoms with E-state index in [1.165, 1.54) is 51.6 Å². The quantitative estimate of drug-likeness (QED) is 0.569. The van der Waals surface area contributed by atoms with Crippen LogP contribution >= 0.6 is 0 Å². The van der Waals surface area contributed by atoms with Crippen LogP contribution in [0, 0.1) is 0 Å². The maximum Gasteiger partial charge on any atom is 0.334 e. The van der Waals surface area contributed by atoms with Gasteiger partial charge in [0.1, 0.15) is 0 Å². The van der Waals surface area contributed by atoms with Gasteiger partial charge in [0.2, 0.25) is 11.8 Å². The van der Waals surface area contributed by atoms with Crippen LogP contribution in [0.2, 0.25) is 0 Å². The summed E-state index contributed by atoms with van der Waals surface area (Å²) in [5.74, 6) is -1.05. The molecule has 0 radical (unpaired) electrons. The number of methoxy groups -OCH3 is 2. The molecule has 0 aliphatic heterocycles. The number of ether oxygens (including phenoxy) is 2. The number of primary amides is 1. The molecule has 1 aromatic heterocycles. The van der Waals surface area contributed by atoms with E-state index in [4.69, 9.17) is 15.2 Å². The number of hydrogen-bond donors (Lipinski definition) is 3. The van der Waals surface area contributed by atoms with Crippen LogP contribution in [-0.2, 0) is 10.2 Å². The molecule has 0 spiro atoms. The molecule has 0 atom stereocenters. The van der Waals surface area contributed by atoms with Crippen molar-refractivity contribution in [2.75, 3.05) is 25.6 Å². The van der Waals surface area contributed by atoms with Crippen LogP contribution in [0.4, 0.5) is 16.4 Å². The van der Waals surface area contributed by atoms with Crippen LogP contribution in [0.25, 0.3) is 0 Å². The first-order chi connectivity index (χ1) is 13.2. The predicted molar refractivity (Wildman–Crippen MR) is 98.7 cm³/mol. The summed E-state index contributed by atoms with van der Waals surface area (Å²) in [7, 11) is -0.650. The van der Waals surface area contributed by atoms with Crippen molar-refractivity contribution in [2.24, 2.45) is 5.73 Å². The van der Waals surface area contributed by atoms with E-state index in [2.05, 4.69) is 15.3 Å². The number of benzene rings is 1. The second-order valence-electron chi connectivity index (χ2n) is 5.08. The molecule has 0 bridgehead atoms. The molecule has 150 valence electrons. The SMILES string of the molecule is CNC(=O)c1ccccc1N(c1nc(OC)cc(OC)n1)S(=O)(=O)NC(N)=O. The van der Waals surface area contributed by atoms with Gasteiger partial charge in [-0.15, -0.1) is 0 Å². The van der Waals surface area contributed by atoms with Gasteiger partial charge in [-0.25, -0.2) is 9.52 Å². The van der Waals surface area contributed by atoms with Crippen LogP contribution in [0.15, 0.2) is 30.3 Å². The molecule has 3 amide bonds. The van der Waals surface area contributed by atoms with Gasteiger partial charge in [-0.3, -0.25) is 4.79 Å². The highest BCUT2D eigenvalue weighted by Crippen LogP contribution is 2.31. The molecule has 0 aliphatic carbocycles. The lowest BCUT2D eigenvalue weighted by atomic mass is 10.1. The molecule has 0 saturated carbocycles. The highest BCUT2D eigenvalue weighted by molar-refractivity contribution is 7.91. The number of urea groups is 1. The lowest BCUT2D eigenvalue weighted by Crippen LogP contribution is -2.44. The average Bonchev–Trinajstić information content (AvgIpc) is 2.66. The summed E-state index contributed by atoms with van der Waals surface area (Å²) in [6.45, 7) is 0. The number of anilines is 2. The Morgan fingerprint density at radius 3 is 2.18 bits per heavy atom. The summed E-state index contributed by atoms with van der Waals surface area (Å²) in [6, 6.07) is 5.73. The zero-order valence-corrected chi connectivity index (χ0v) is 16.0. The number of carbonyl (C=O) groups excluding carboxylic acids is 2. The van der Waals surface area contributed by atoms with Crippen molar-refractivity contribution in [1.82, 2.24) is 20.0 Å². The van der Waals surface area contributed by atoms with Gasteiger partial charge in [-0.05, 0) is 12.1 Å². The van der Waals surface area contributed by atoms with E-state index < -0.39 is 28.1 Å². The molecule has 13 heteroatoms. The van der Waals surface area contributed by atoms with Gasteiger partial charge >= 0.3 is 16.2 Å². The van der Waals surface area contributed by atoms with Crippen molar-refractivity contribution in [1.29, 1.82) is 0 Å². The molecule has 2 aromatic rings. The van der Waals surface area contributed by atoms with Crippen molar-refractivity contribution >= 4 is 33.8 Å². The standard InChI is InChI=1S/C15H18N6O6S/c1-17-13(22)9-6-4-5-7-10(9)21(28(24,25)20-14(16)23)15-18-11(26-2)8-12(19-15)27-3/h4-8H,1-3H3,(H,17,22)(H3,16,20,23). The molecular weight excluding hydrogens is 392 g/mol. The minimum atomic E-state index is -4.65. The van der Waals surface area contributed by atoms with E-state index in [0.717, 1.165) is 0 Å². The number of nitrogens with one attached hydrogen (secondary N) is 2. The first-order valence-corrected chi connectivity index (χ1v) is 9.08. The van der Waals surface area contributed by atoms with E-state index in [1.807, 2.05) is 0 Å². The maximum absolute atomic E-state index is 12.8. The molecular formula is C15H18N6O6S. The highest BCUT2D eigenvalue weighted by Gasteiger charge is 2.32. The fourth-order valence-corrected chi connectivity index (χ4v) is 3.25. The molecule has 12 nitrogen and oxygen atoms in total. The molecule has 0 aliphatic rings. The van der Waals surface area contributed by atoms with Crippen molar-refractivity contribution < 1.29 is 27.5 Å². The maximum atomic E-state index is 12.8. The topological polar surface area (TPSA) is 166 Å². The molecule has 0 unspecified atom stereocenters. The van der Waals surface area contributed by atoms with Crippen molar-refractivity contribution in [3.8, 4) is 11.8 Å². The Morgan fingerprint density at radius 1 is 1.11 bits per heavy atom. The number of para-hydroxylation sites is 1. The Labute approximate surface area is 160 Å². The predicted octanol–water partition coefficient (Wildman–Crippen LogP) is -0.0954. The molecule has 28 heavy (non-hydrogen) atoms. The molecule has 0 fully saturated rings. The van der Waals surface area contributed by atoms with Crippen LogP contribution < -0.4 is 29.6 Å². The van der Waals surface area contributed by atoms with Crippen molar-refractivity contribution in [2.45, 2.75) is 0 Å². The summed E-state index contributed by atoms with van der Waals surface area (Å²) >= 11 is 0. The minimum absolute atomic E-state index is 0.0152. The summed E-state index contributed by atoms with van der Waals surface area (Å²) in [5.41, 5.74) is 4.83. The van der Waals surface area contributed by atoms with Crippen LogP contribution in [0.1, 0.15) is 10.4 Å². The van der Waals surface area contributed by atoms with E-state index >= 15 is 0 Å². The van der Waals surface area contributed by atoms with Crippen LogP contribution in [0.5, 0.6) is 11.8 Å². The molecule has 2 rings (SSSR count). The number of hydrogen-bond acceptors (Lipinski definition) is 8. The number of carbonyl (C=O) groups is 2. The Morgan fingerprint density at radius 2 is 1.68 bits per heavy atom. The second kappa shape index (κ2) is 8.39. The van der Waals surface area contributed by atoms with Crippen LogP contribution in [0.3, 0.4) is 0 Å². The van der Waals surface area contributed by atoms with E-state index in [-0.39, 0.29) is 23.0 Å². The molecule has 0 saturated heterocycles. The summed E-state index contributed by atoms with van der Waals surface area (Å²) in [5, 5.41) is 2.40. The normalized spacial score (nSPS) is 10.7. The number of amides is 3. The van der Waals surface area contributed by atoms with E-state index in [9.17, 15) is 18.0 Å². The summed E-state index contributed by atoms with van der Waals surface area (Å²) in [6.07, 6.45) is 0. The third-order valence-corrected chi connectivity index (χ3v) is 4.63. The lowest BCUT2D eigenvalue weighted by Gasteiger charge is -2.24. The largest absolute Gasteiger partial charge is 0.481 e. The zero-order valence-electron chi connectivity index (χ0n) is 15.2.